The Hall–Kier alpha value is -2.59. The molecule has 2 aromatic rings. The van der Waals surface area contributed by atoms with Crippen LogP contribution >= 0.6 is 11.9 Å². The van der Waals surface area contributed by atoms with Crippen molar-refractivity contribution >= 4 is 40.9 Å². The van der Waals surface area contributed by atoms with E-state index in [-0.39, 0.29) is 43.7 Å². The van der Waals surface area contributed by atoms with E-state index in [0.717, 1.165) is 42.9 Å². The van der Waals surface area contributed by atoms with Gasteiger partial charge in [0.2, 0.25) is 0 Å². The molecule has 0 unspecified atom stereocenters. The fourth-order valence-electron chi connectivity index (χ4n) is 5.27. The highest BCUT2D eigenvalue weighted by molar-refractivity contribution is 8.01. The largest absolute Gasteiger partial charge is 0.395 e. The molecule has 38 heavy (non-hydrogen) atoms. The maximum atomic E-state index is 13.7. The molecule has 1 amide bonds. The second-order valence-electron chi connectivity index (χ2n) is 11.1. The summed E-state index contributed by atoms with van der Waals surface area (Å²) in [4.78, 5) is 22.3. The number of carbonyl (C=O) groups is 1. The number of halogens is 2. The Morgan fingerprint density at radius 3 is 2.39 bits per heavy atom. The van der Waals surface area contributed by atoms with Crippen molar-refractivity contribution in [3.63, 3.8) is 0 Å². The molecule has 1 saturated carbocycles. The van der Waals surface area contributed by atoms with Crippen molar-refractivity contribution < 1.29 is 18.7 Å². The third-order valence-electron chi connectivity index (χ3n) is 8.02. The number of aryl methyl sites for hydroxylation is 1. The van der Waals surface area contributed by atoms with E-state index in [4.69, 9.17) is 0 Å². The van der Waals surface area contributed by atoms with Crippen LogP contribution in [-0.2, 0) is 0 Å². The van der Waals surface area contributed by atoms with Crippen molar-refractivity contribution in [1.82, 2.24) is 4.98 Å². The first kappa shape index (κ1) is 27.0. The number of aliphatic hydroxyl groups excluding tert-OH is 1. The van der Waals surface area contributed by atoms with Gasteiger partial charge in [0.15, 0.2) is 0 Å². The summed E-state index contributed by atoms with van der Waals surface area (Å²) >= 11 is 1.45. The molecule has 3 fully saturated rings. The second kappa shape index (κ2) is 10.9. The van der Waals surface area contributed by atoms with E-state index < -0.39 is 5.92 Å². The van der Waals surface area contributed by atoms with E-state index in [1.165, 1.54) is 24.8 Å². The van der Waals surface area contributed by atoms with Gasteiger partial charge < -0.3 is 24.9 Å². The molecular weight excluding hydrogens is 508 g/mol. The zero-order valence-corrected chi connectivity index (χ0v) is 22.9. The van der Waals surface area contributed by atoms with Gasteiger partial charge >= 0.3 is 0 Å². The van der Waals surface area contributed by atoms with Gasteiger partial charge in [0.25, 0.3) is 11.8 Å². The summed E-state index contributed by atoms with van der Waals surface area (Å²) < 4.78 is 30.6. The van der Waals surface area contributed by atoms with Crippen molar-refractivity contribution in [2.24, 2.45) is 5.41 Å². The summed E-state index contributed by atoms with van der Waals surface area (Å²) in [5, 5.41) is 12.4. The monoisotopic (exact) mass is 545 g/mol. The van der Waals surface area contributed by atoms with Crippen LogP contribution in [0.3, 0.4) is 0 Å². The predicted molar refractivity (Wildman–Crippen MR) is 151 cm³/mol. The first-order chi connectivity index (χ1) is 18.2. The van der Waals surface area contributed by atoms with E-state index in [1.54, 1.807) is 6.07 Å². The Labute approximate surface area is 227 Å². The van der Waals surface area contributed by atoms with Crippen molar-refractivity contribution in [2.75, 3.05) is 52.6 Å². The van der Waals surface area contributed by atoms with E-state index in [9.17, 15) is 18.7 Å². The Morgan fingerprint density at radius 2 is 1.74 bits per heavy atom. The number of amides is 1. The minimum Gasteiger partial charge on any atom is -0.395 e. The number of nitrogens with one attached hydrogen (secondary N) is 2. The fourth-order valence-corrected chi connectivity index (χ4v) is 5.81. The Kier molecular flexibility index (Phi) is 7.73. The molecule has 2 aliphatic heterocycles. The van der Waals surface area contributed by atoms with Crippen molar-refractivity contribution in [2.45, 2.75) is 63.5 Å². The van der Waals surface area contributed by atoms with Gasteiger partial charge in [-0.05, 0) is 92.8 Å². The van der Waals surface area contributed by atoms with Crippen LogP contribution in [0.4, 0.5) is 31.8 Å². The number of pyridine rings is 1. The standard InChI is InChI=1S/C28H37F2N5O2S/c1-19-15-24(31-25(16-19)35-13-9-28(29,30)10-14-35)32-26(37)22-4-3-21(33-38-20(2)18-36)17-23(22)34-11-7-27(5-6-27)8-12-34/h3-4,15-17,20,33,36H,5-14,18H2,1-2H3,(H,31,32,37)/t20-/m0/s1. The van der Waals surface area contributed by atoms with Crippen LogP contribution in [0, 0.1) is 12.3 Å². The van der Waals surface area contributed by atoms with Gasteiger partial charge in [-0.25, -0.2) is 13.8 Å². The first-order valence-electron chi connectivity index (χ1n) is 13.5. The maximum Gasteiger partial charge on any atom is 0.258 e. The van der Waals surface area contributed by atoms with Gasteiger partial charge in [-0.3, -0.25) is 4.79 Å². The van der Waals surface area contributed by atoms with Crippen molar-refractivity contribution in [3.8, 4) is 0 Å². The van der Waals surface area contributed by atoms with E-state index in [2.05, 4.69) is 19.9 Å². The molecule has 1 aromatic heterocycles. The summed E-state index contributed by atoms with van der Waals surface area (Å²) in [5.74, 6) is -1.85. The topological polar surface area (TPSA) is 80.7 Å². The van der Waals surface area contributed by atoms with Crippen LogP contribution in [0.1, 0.15) is 61.4 Å². The normalized spacial score (nSPS) is 20.8. The number of hydrogen-bond acceptors (Lipinski definition) is 7. The van der Waals surface area contributed by atoms with Crippen LogP contribution in [-0.4, -0.2) is 60.0 Å². The Balaban J connectivity index is 1.35. The number of anilines is 4. The summed E-state index contributed by atoms with van der Waals surface area (Å²) in [6.45, 7) is 6.23. The minimum absolute atomic E-state index is 0.0406. The zero-order valence-electron chi connectivity index (χ0n) is 22.1. The molecule has 1 aliphatic carbocycles. The number of benzene rings is 1. The number of piperidine rings is 2. The highest BCUT2D eigenvalue weighted by atomic mass is 32.2. The third-order valence-corrected chi connectivity index (χ3v) is 8.92. The number of hydrogen-bond donors (Lipinski definition) is 3. The summed E-state index contributed by atoms with van der Waals surface area (Å²) in [6.07, 6.45) is 4.50. The zero-order chi connectivity index (χ0) is 26.9. The van der Waals surface area contributed by atoms with Gasteiger partial charge in [-0.2, -0.15) is 0 Å². The molecule has 7 nitrogen and oxygen atoms in total. The van der Waals surface area contributed by atoms with Crippen molar-refractivity contribution in [3.05, 3.63) is 41.5 Å². The lowest BCUT2D eigenvalue weighted by atomic mass is 9.93. The smallest absolute Gasteiger partial charge is 0.258 e. The van der Waals surface area contributed by atoms with Crippen molar-refractivity contribution in [1.29, 1.82) is 0 Å². The molecule has 0 bridgehead atoms. The Bertz CT molecular complexity index is 1160. The molecule has 1 atom stereocenters. The summed E-state index contributed by atoms with van der Waals surface area (Å²) in [6, 6.07) is 9.41. The average Bonchev–Trinajstić information content (AvgIpc) is 3.65. The SMILES string of the molecule is Cc1cc(NC(=O)c2ccc(NS[C@@H](C)CO)cc2N2CCC3(CC2)CC3)nc(N2CCC(F)(F)CC2)c1. The molecular formula is C28H37F2N5O2S. The number of aromatic nitrogens is 1. The number of aliphatic hydroxyl groups is 1. The molecule has 1 spiro atoms. The van der Waals surface area contributed by atoms with Crippen LogP contribution < -0.4 is 19.8 Å². The molecule has 0 radical (unpaired) electrons. The quantitative estimate of drug-likeness (QED) is 0.367. The lowest BCUT2D eigenvalue weighted by molar-refractivity contribution is -0.0221. The molecule has 2 saturated heterocycles. The number of rotatable bonds is 8. The van der Waals surface area contributed by atoms with Gasteiger partial charge in [0.05, 0.1) is 17.9 Å². The van der Waals surface area contributed by atoms with Gasteiger partial charge in [0, 0.05) is 50.0 Å². The predicted octanol–water partition coefficient (Wildman–Crippen LogP) is 5.70. The van der Waals surface area contributed by atoms with E-state index in [1.807, 2.05) is 43.0 Å². The fraction of sp³-hybridized carbons (Fsp3) is 0.571. The van der Waals surface area contributed by atoms with E-state index in [0.29, 0.717) is 22.6 Å². The van der Waals surface area contributed by atoms with Crippen LogP contribution in [0.5, 0.6) is 0 Å². The van der Waals surface area contributed by atoms with Gasteiger partial charge in [-0.1, -0.05) is 0 Å². The molecule has 3 heterocycles. The third kappa shape index (κ3) is 6.34. The molecule has 10 heteroatoms. The first-order valence-corrected chi connectivity index (χ1v) is 14.4. The maximum absolute atomic E-state index is 13.7. The Morgan fingerprint density at radius 1 is 1.05 bits per heavy atom. The number of nitrogens with zero attached hydrogens (tertiary/aromatic N) is 3. The lowest BCUT2D eigenvalue weighted by Crippen LogP contribution is -2.39. The molecule has 1 aromatic carbocycles. The molecule has 3 aliphatic rings. The molecule has 5 rings (SSSR count). The highest BCUT2D eigenvalue weighted by Crippen LogP contribution is 2.54. The summed E-state index contributed by atoms with van der Waals surface area (Å²) in [5.41, 5.74) is 3.76. The average molecular weight is 546 g/mol. The highest BCUT2D eigenvalue weighted by Gasteiger charge is 2.44. The summed E-state index contributed by atoms with van der Waals surface area (Å²) in [7, 11) is 0. The van der Waals surface area contributed by atoms with Crippen LogP contribution in [0.25, 0.3) is 0 Å². The minimum atomic E-state index is -2.63. The number of carbonyl (C=O) groups excluding carboxylic acids is 1. The van der Waals surface area contributed by atoms with Gasteiger partial charge in [-0.15, -0.1) is 0 Å². The van der Waals surface area contributed by atoms with Crippen LogP contribution in [0.2, 0.25) is 0 Å². The van der Waals surface area contributed by atoms with Crippen LogP contribution in [0.15, 0.2) is 30.3 Å². The number of alkyl halides is 2. The van der Waals surface area contributed by atoms with Gasteiger partial charge in [0.1, 0.15) is 11.6 Å². The molecule has 206 valence electrons. The molecule has 3 N–H and O–H groups in total. The van der Waals surface area contributed by atoms with E-state index >= 15 is 0 Å². The second-order valence-corrected chi connectivity index (χ2v) is 12.4. The lowest BCUT2D eigenvalue weighted by Gasteiger charge is -2.35.